The number of aromatic nitrogens is 1. The van der Waals surface area contributed by atoms with Gasteiger partial charge in [-0.3, -0.25) is 4.98 Å². The van der Waals surface area contributed by atoms with Crippen LogP contribution in [0.15, 0.2) is 42.6 Å². The lowest BCUT2D eigenvalue weighted by Gasteiger charge is -2.26. The fourth-order valence-electron chi connectivity index (χ4n) is 3.45. The molecule has 0 N–H and O–H groups in total. The fourth-order valence-corrected chi connectivity index (χ4v) is 4.49. The van der Waals surface area contributed by atoms with E-state index in [0.29, 0.717) is 5.92 Å². The highest BCUT2D eigenvalue weighted by Crippen LogP contribution is 2.36. The molecule has 22 heavy (non-hydrogen) atoms. The number of hydrogen-bond acceptors (Lipinski definition) is 1. The summed E-state index contributed by atoms with van der Waals surface area (Å²) >= 11 is 0. The fraction of sp³-hybridized carbons (Fsp3) is 0.450. The summed E-state index contributed by atoms with van der Waals surface area (Å²) in [6.07, 6.45) is 8.94. The Morgan fingerprint density at radius 2 is 1.64 bits per heavy atom. The Bertz CT molecular complexity index is 622. The van der Waals surface area contributed by atoms with Gasteiger partial charge in [-0.15, -0.1) is 0 Å². The predicted molar refractivity (Wildman–Crippen MR) is 98.5 cm³/mol. The van der Waals surface area contributed by atoms with Gasteiger partial charge < -0.3 is 0 Å². The van der Waals surface area contributed by atoms with E-state index in [1.165, 1.54) is 54.1 Å². The van der Waals surface area contributed by atoms with Crippen LogP contribution >= 0.6 is 0 Å². The predicted octanol–water partition coefficient (Wildman–Crippen LogP) is 5.34. The summed E-state index contributed by atoms with van der Waals surface area (Å²) in [5.41, 5.74) is 3.99. The number of rotatable bonds is 3. The van der Waals surface area contributed by atoms with Crippen LogP contribution in [0.4, 0.5) is 0 Å². The van der Waals surface area contributed by atoms with Crippen molar-refractivity contribution in [3.8, 4) is 11.3 Å². The summed E-state index contributed by atoms with van der Waals surface area (Å²) in [6, 6.07) is 13.2. The van der Waals surface area contributed by atoms with E-state index in [1.54, 1.807) is 0 Å². The van der Waals surface area contributed by atoms with Gasteiger partial charge in [-0.25, -0.2) is 0 Å². The van der Waals surface area contributed by atoms with Crippen molar-refractivity contribution < 1.29 is 0 Å². The Morgan fingerprint density at radius 3 is 2.27 bits per heavy atom. The van der Waals surface area contributed by atoms with Crippen LogP contribution in [0.25, 0.3) is 11.3 Å². The van der Waals surface area contributed by atoms with Gasteiger partial charge in [0.15, 0.2) is 0 Å². The molecule has 2 aromatic rings. The molecule has 1 fully saturated rings. The Labute approximate surface area is 135 Å². The smallest absolute Gasteiger partial charge is 0.0796 e. The standard InChI is InChI=1S/C20H27NSi/c1-22(2,3)18-14-19(16-10-6-4-7-11-16)20(21-15-18)17-12-8-5-9-13-17/h5,8-9,12-16H,4,6-7,10-11H2,1-3H3. The molecule has 1 aliphatic rings. The van der Waals surface area contributed by atoms with E-state index in [2.05, 4.69) is 62.2 Å². The molecule has 0 amide bonds. The highest BCUT2D eigenvalue weighted by molar-refractivity contribution is 6.88. The van der Waals surface area contributed by atoms with Gasteiger partial charge in [0.25, 0.3) is 0 Å². The van der Waals surface area contributed by atoms with Gasteiger partial charge in [0.05, 0.1) is 13.8 Å². The van der Waals surface area contributed by atoms with Crippen LogP contribution in [0, 0.1) is 0 Å². The molecule has 1 heterocycles. The summed E-state index contributed by atoms with van der Waals surface area (Å²) in [6.45, 7) is 7.24. The first-order valence-electron chi connectivity index (χ1n) is 8.61. The first-order chi connectivity index (χ1) is 10.6. The molecule has 116 valence electrons. The maximum absolute atomic E-state index is 4.93. The Morgan fingerprint density at radius 1 is 0.955 bits per heavy atom. The van der Waals surface area contributed by atoms with Crippen molar-refractivity contribution in [3.63, 3.8) is 0 Å². The highest BCUT2D eigenvalue weighted by atomic mass is 28.3. The van der Waals surface area contributed by atoms with E-state index in [9.17, 15) is 0 Å². The number of hydrogen-bond donors (Lipinski definition) is 0. The third-order valence-corrected chi connectivity index (χ3v) is 6.88. The molecule has 1 aliphatic carbocycles. The monoisotopic (exact) mass is 309 g/mol. The second-order valence-electron chi connectivity index (χ2n) is 7.61. The van der Waals surface area contributed by atoms with Gasteiger partial charge in [-0.2, -0.15) is 0 Å². The van der Waals surface area contributed by atoms with E-state index in [0.717, 1.165) is 0 Å². The zero-order chi connectivity index (χ0) is 15.6. The lowest BCUT2D eigenvalue weighted by Crippen LogP contribution is -2.38. The van der Waals surface area contributed by atoms with Crippen molar-refractivity contribution in [2.45, 2.75) is 57.7 Å². The van der Waals surface area contributed by atoms with Crippen LogP contribution in [0.1, 0.15) is 43.6 Å². The minimum absolute atomic E-state index is 0.702. The van der Waals surface area contributed by atoms with Crippen molar-refractivity contribution in [1.29, 1.82) is 0 Å². The molecule has 1 aromatic carbocycles. The molecule has 1 aromatic heterocycles. The zero-order valence-electron chi connectivity index (χ0n) is 14.1. The Kier molecular flexibility index (Phi) is 4.48. The van der Waals surface area contributed by atoms with Crippen LogP contribution in [0.2, 0.25) is 19.6 Å². The van der Waals surface area contributed by atoms with Gasteiger partial charge in [-0.1, -0.05) is 75.3 Å². The van der Waals surface area contributed by atoms with Crippen LogP contribution in [0.5, 0.6) is 0 Å². The van der Waals surface area contributed by atoms with Crippen molar-refractivity contribution in [3.05, 3.63) is 48.2 Å². The molecule has 0 bridgehead atoms. The molecule has 0 spiro atoms. The van der Waals surface area contributed by atoms with Crippen LogP contribution in [-0.2, 0) is 0 Å². The average molecular weight is 310 g/mol. The second kappa shape index (κ2) is 6.37. The Balaban J connectivity index is 2.08. The third kappa shape index (κ3) is 3.32. The summed E-state index contributed by atoms with van der Waals surface area (Å²) < 4.78 is 0. The normalized spacial score (nSPS) is 16.7. The lowest BCUT2D eigenvalue weighted by atomic mass is 9.82. The summed E-state index contributed by atoms with van der Waals surface area (Å²) in [5.74, 6) is 0.702. The molecule has 0 atom stereocenters. The molecule has 2 heteroatoms. The van der Waals surface area contributed by atoms with Gasteiger partial charge in [-0.05, 0) is 29.5 Å². The number of nitrogens with zero attached hydrogens (tertiary/aromatic N) is 1. The van der Waals surface area contributed by atoms with Crippen molar-refractivity contribution >= 4 is 13.3 Å². The average Bonchev–Trinajstić information content (AvgIpc) is 2.55. The van der Waals surface area contributed by atoms with Crippen LogP contribution < -0.4 is 5.19 Å². The van der Waals surface area contributed by atoms with Crippen LogP contribution in [-0.4, -0.2) is 13.1 Å². The first-order valence-corrected chi connectivity index (χ1v) is 12.1. The van der Waals surface area contributed by atoms with E-state index >= 15 is 0 Å². The summed E-state index contributed by atoms with van der Waals surface area (Å²) in [4.78, 5) is 4.93. The third-order valence-electron chi connectivity index (χ3n) is 4.88. The van der Waals surface area contributed by atoms with E-state index in [1.807, 2.05) is 0 Å². The van der Waals surface area contributed by atoms with Crippen molar-refractivity contribution in [1.82, 2.24) is 4.98 Å². The maximum Gasteiger partial charge on any atom is 0.0796 e. The Hall–Kier alpha value is -1.41. The molecule has 0 saturated heterocycles. The van der Waals surface area contributed by atoms with Crippen molar-refractivity contribution in [2.75, 3.05) is 0 Å². The van der Waals surface area contributed by atoms with Gasteiger partial charge in [0.2, 0.25) is 0 Å². The van der Waals surface area contributed by atoms with E-state index in [-0.39, 0.29) is 0 Å². The first kappa shape index (κ1) is 15.5. The van der Waals surface area contributed by atoms with Crippen LogP contribution in [0.3, 0.4) is 0 Å². The number of benzene rings is 1. The highest BCUT2D eigenvalue weighted by Gasteiger charge is 2.24. The van der Waals surface area contributed by atoms with Gasteiger partial charge >= 0.3 is 0 Å². The summed E-state index contributed by atoms with van der Waals surface area (Å²) in [7, 11) is -1.31. The topological polar surface area (TPSA) is 12.9 Å². The molecule has 0 radical (unpaired) electrons. The molecular weight excluding hydrogens is 282 g/mol. The molecule has 3 rings (SSSR count). The molecule has 0 unspecified atom stereocenters. The van der Waals surface area contributed by atoms with E-state index < -0.39 is 8.07 Å². The van der Waals surface area contributed by atoms with Gasteiger partial charge in [0.1, 0.15) is 0 Å². The minimum atomic E-state index is -1.31. The van der Waals surface area contributed by atoms with Crippen molar-refractivity contribution in [2.24, 2.45) is 0 Å². The largest absolute Gasteiger partial charge is 0.256 e. The number of pyridine rings is 1. The lowest BCUT2D eigenvalue weighted by molar-refractivity contribution is 0.444. The second-order valence-corrected chi connectivity index (χ2v) is 12.7. The summed E-state index contributed by atoms with van der Waals surface area (Å²) in [5, 5.41) is 1.49. The SMILES string of the molecule is C[Si](C)(C)c1cnc(-c2ccccc2)c(C2CCCCC2)c1. The molecule has 1 nitrogen and oxygen atoms in total. The molecule has 1 saturated carbocycles. The van der Waals surface area contributed by atoms with Gasteiger partial charge in [0, 0.05) is 11.8 Å². The minimum Gasteiger partial charge on any atom is -0.256 e. The molecule has 0 aliphatic heterocycles. The molecular formula is C20H27NSi. The maximum atomic E-state index is 4.93. The van der Waals surface area contributed by atoms with E-state index in [4.69, 9.17) is 4.98 Å². The zero-order valence-corrected chi connectivity index (χ0v) is 15.1. The quantitative estimate of drug-likeness (QED) is 0.697.